The predicted octanol–water partition coefficient (Wildman–Crippen LogP) is 6.53. The number of carbonyl (C=O) groups excluding carboxylic acids is 2. The van der Waals surface area contributed by atoms with Crippen molar-refractivity contribution in [2.75, 3.05) is 0 Å². The van der Waals surface area contributed by atoms with E-state index in [-0.39, 0.29) is 25.3 Å². The summed E-state index contributed by atoms with van der Waals surface area (Å²) in [6.45, 7) is 6.07. The largest absolute Gasteiger partial charge is 0.489 e. The van der Waals surface area contributed by atoms with E-state index in [4.69, 9.17) is 9.47 Å². The van der Waals surface area contributed by atoms with Gasteiger partial charge in [0.1, 0.15) is 18.0 Å². The number of fused-ring (bicyclic) bond motifs is 1. The minimum atomic E-state index is -1.02. The summed E-state index contributed by atoms with van der Waals surface area (Å²) in [6.07, 6.45) is -1.46. The molecule has 1 aliphatic rings. The Kier molecular flexibility index (Phi) is 11.5. The van der Waals surface area contributed by atoms with E-state index in [0.717, 1.165) is 33.6 Å². The molecule has 252 valence electrons. The molecule has 2 amide bonds. The number of rotatable bonds is 13. The number of hydrogen-bond acceptors (Lipinski definition) is 6. The Hall–Kier alpha value is -4.66. The lowest BCUT2D eigenvalue weighted by Crippen LogP contribution is -2.47. The zero-order chi connectivity index (χ0) is 34.1. The topological polar surface area (TPSA) is 108 Å². The van der Waals surface area contributed by atoms with Gasteiger partial charge in [0.05, 0.1) is 24.3 Å². The van der Waals surface area contributed by atoms with Crippen molar-refractivity contribution in [1.82, 2.24) is 10.2 Å². The maximum Gasteiger partial charge on any atom is 0.407 e. The second-order valence-corrected chi connectivity index (χ2v) is 13.4. The van der Waals surface area contributed by atoms with E-state index in [1.54, 1.807) is 25.7 Å². The van der Waals surface area contributed by atoms with Crippen LogP contribution in [0.25, 0.3) is 0 Å². The normalized spacial score (nSPS) is 16.8. The highest BCUT2D eigenvalue weighted by molar-refractivity contribution is 5.77. The van der Waals surface area contributed by atoms with Gasteiger partial charge in [-0.1, -0.05) is 97.1 Å². The highest BCUT2D eigenvalue weighted by Crippen LogP contribution is 2.37. The summed E-state index contributed by atoms with van der Waals surface area (Å²) in [6, 6.07) is 33.8. The van der Waals surface area contributed by atoms with Crippen LogP contribution in [0.1, 0.15) is 67.5 Å². The van der Waals surface area contributed by atoms with Crippen LogP contribution in [-0.4, -0.2) is 51.0 Å². The van der Waals surface area contributed by atoms with E-state index in [1.165, 1.54) is 0 Å². The van der Waals surface area contributed by atoms with Gasteiger partial charge in [0.2, 0.25) is 5.91 Å². The van der Waals surface area contributed by atoms with Crippen LogP contribution in [-0.2, 0) is 35.5 Å². The molecule has 0 saturated heterocycles. The van der Waals surface area contributed by atoms with Crippen LogP contribution in [0.4, 0.5) is 4.79 Å². The van der Waals surface area contributed by atoms with Crippen molar-refractivity contribution in [3.05, 3.63) is 137 Å². The minimum absolute atomic E-state index is 0.0200. The average molecular weight is 651 g/mol. The number of aliphatic hydroxyl groups is 2. The third kappa shape index (κ3) is 9.69. The summed E-state index contributed by atoms with van der Waals surface area (Å²) in [4.78, 5) is 28.5. The van der Waals surface area contributed by atoms with Crippen molar-refractivity contribution in [3.63, 3.8) is 0 Å². The van der Waals surface area contributed by atoms with Crippen LogP contribution < -0.4 is 10.1 Å². The Morgan fingerprint density at radius 2 is 1.48 bits per heavy atom. The zero-order valence-corrected chi connectivity index (χ0v) is 27.9. The number of alkyl carbamates (subject to hydrolysis) is 1. The van der Waals surface area contributed by atoms with Gasteiger partial charge >= 0.3 is 6.09 Å². The fourth-order valence-corrected chi connectivity index (χ4v) is 6.13. The molecule has 0 saturated carbocycles. The van der Waals surface area contributed by atoms with Crippen molar-refractivity contribution in [2.45, 2.75) is 89.5 Å². The van der Waals surface area contributed by atoms with E-state index in [9.17, 15) is 19.8 Å². The molecule has 8 heteroatoms. The minimum Gasteiger partial charge on any atom is -0.489 e. The number of aliphatic hydroxyl groups excluding tert-OH is 2. The van der Waals surface area contributed by atoms with Crippen molar-refractivity contribution >= 4 is 12.0 Å². The van der Waals surface area contributed by atoms with Gasteiger partial charge < -0.3 is 29.9 Å². The van der Waals surface area contributed by atoms with Crippen molar-refractivity contribution in [2.24, 2.45) is 0 Å². The quantitative estimate of drug-likeness (QED) is 0.152. The van der Waals surface area contributed by atoms with Crippen molar-refractivity contribution in [3.8, 4) is 5.75 Å². The summed E-state index contributed by atoms with van der Waals surface area (Å²) in [5.41, 5.74) is 4.14. The number of ether oxygens (including phenoxy) is 2. The molecule has 0 spiro atoms. The molecule has 1 aliphatic carbocycles. The van der Waals surface area contributed by atoms with Crippen LogP contribution in [0, 0.1) is 0 Å². The van der Waals surface area contributed by atoms with Crippen LogP contribution >= 0.6 is 0 Å². The second kappa shape index (κ2) is 16.0. The maximum atomic E-state index is 14.1. The molecule has 0 radical (unpaired) electrons. The number of carbonyl (C=O) groups is 2. The van der Waals surface area contributed by atoms with Gasteiger partial charge in [-0.2, -0.15) is 0 Å². The molecule has 48 heavy (non-hydrogen) atoms. The van der Waals surface area contributed by atoms with Gasteiger partial charge in [-0.15, -0.1) is 0 Å². The molecule has 0 heterocycles. The van der Waals surface area contributed by atoms with Gasteiger partial charge in [-0.05, 0) is 73.6 Å². The maximum absolute atomic E-state index is 14.1. The molecule has 4 aromatic rings. The molecule has 0 bridgehead atoms. The molecule has 8 nitrogen and oxygen atoms in total. The van der Waals surface area contributed by atoms with Crippen molar-refractivity contribution in [1.29, 1.82) is 0 Å². The highest BCUT2D eigenvalue weighted by Gasteiger charge is 2.38. The highest BCUT2D eigenvalue weighted by atomic mass is 16.6. The third-order valence-corrected chi connectivity index (χ3v) is 8.47. The third-order valence-electron chi connectivity index (χ3n) is 8.47. The molecule has 4 aromatic carbocycles. The Balaban J connectivity index is 1.30. The molecule has 0 unspecified atom stereocenters. The number of nitrogens with zero attached hydrogens (tertiary/aromatic N) is 1. The average Bonchev–Trinajstić information content (AvgIpc) is 3.40. The second-order valence-electron chi connectivity index (χ2n) is 13.4. The van der Waals surface area contributed by atoms with Gasteiger partial charge in [0.25, 0.3) is 0 Å². The van der Waals surface area contributed by atoms with Gasteiger partial charge in [-0.3, -0.25) is 4.79 Å². The number of hydrogen-bond donors (Lipinski definition) is 3. The molecule has 0 aromatic heterocycles. The zero-order valence-electron chi connectivity index (χ0n) is 27.9. The molecule has 3 N–H and O–H groups in total. The molecular weight excluding hydrogens is 604 g/mol. The molecule has 0 aliphatic heterocycles. The molecule has 4 atom stereocenters. The van der Waals surface area contributed by atoms with E-state index >= 15 is 0 Å². The van der Waals surface area contributed by atoms with E-state index in [2.05, 4.69) is 5.32 Å². The number of benzene rings is 4. The summed E-state index contributed by atoms with van der Waals surface area (Å²) < 4.78 is 11.4. The van der Waals surface area contributed by atoms with E-state index in [1.807, 2.05) is 109 Å². The fourth-order valence-electron chi connectivity index (χ4n) is 6.13. The van der Waals surface area contributed by atoms with Gasteiger partial charge in [-0.25, -0.2) is 4.79 Å². The Labute approximate surface area is 283 Å². The summed E-state index contributed by atoms with van der Waals surface area (Å²) in [5, 5.41) is 25.4. The van der Waals surface area contributed by atoms with Gasteiger partial charge in [0.15, 0.2) is 0 Å². The number of nitrogens with one attached hydrogen (secondary N) is 1. The first-order valence-electron chi connectivity index (χ1n) is 16.6. The Morgan fingerprint density at radius 3 is 2.15 bits per heavy atom. The van der Waals surface area contributed by atoms with Crippen molar-refractivity contribution < 1.29 is 29.3 Å². The lowest BCUT2D eigenvalue weighted by atomic mass is 9.97. The molecular formula is C40H46N2O6. The Bertz CT molecular complexity index is 1620. The van der Waals surface area contributed by atoms with Crippen LogP contribution in [0.2, 0.25) is 0 Å². The summed E-state index contributed by atoms with van der Waals surface area (Å²) in [7, 11) is 0. The first-order chi connectivity index (χ1) is 23.1. The Morgan fingerprint density at radius 1 is 0.854 bits per heavy atom. The first kappa shape index (κ1) is 34.7. The lowest BCUT2D eigenvalue weighted by Gasteiger charge is -2.33. The fraction of sp³-hybridized carbons (Fsp3) is 0.350. The monoisotopic (exact) mass is 650 g/mol. The lowest BCUT2D eigenvalue weighted by molar-refractivity contribution is -0.137. The van der Waals surface area contributed by atoms with Crippen LogP contribution in [0.5, 0.6) is 5.75 Å². The van der Waals surface area contributed by atoms with Crippen LogP contribution in [0.3, 0.4) is 0 Å². The smallest absolute Gasteiger partial charge is 0.407 e. The molecule has 5 rings (SSSR count). The van der Waals surface area contributed by atoms with E-state index in [0.29, 0.717) is 19.4 Å². The van der Waals surface area contributed by atoms with E-state index < -0.39 is 36.0 Å². The van der Waals surface area contributed by atoms with Gasteiger partial charge in [0, 0.05) is 19.4 Å². The predicted molar refractivity (Wildman–Crippen MR) is 185 cm³/mol. The number of amides is 2. The SMILES string of the molecule is CC(C)(C)OC(=O)N[C@@H](Cc1ccccc1)[C@@H](O)CCC(=O)N(Cc1ccc(OCc2ccccc2)cc1)[C@H]1c2ccccc2C[C@H]1O. The molecule has 0 fully saturated rings. The standard InChI is InChI=1S/C40H46N2O6/c1-40(2,3)48-39(46)41-34(24-28-12-6-4-7-13-28)35(43)22-23-37(45)42(38-33-17-11-10-16-31(33)25-36(38)44)26-29-18-20-32(21-19-29)47-27-30-14-8-5-9-15-30/h4-21,34-36,38,43-44H,22-27H2,1-3H3,(H,41,46)/t34-,35-,36+,38-/m0/s1. The van der Waals surface area contributed by atoms with Crippen LogP contribution in [0.15, 0.2) is 109 Å². The summed E-state index contributed by atoms with van der Waals surface area (Å²) in [5.74, 6) is 0.520. The summed E-state index contributed by atoms with van der Waals surface area (Å²) >= 11 is 0. The first-order valence-corrected chi connectivity index (χ1v) is 16.6.